The first-order chi connectivity index (χ1) is 12.8. The number of nitrogens with zero attached hydrogens (tertiary/aromatic N) is 2. The van der Waals surface area contributed by atoms with E-state index < -0.39 is 0 Å². The largest absolute Gasteiger partial charge is 0.469 e. The highest BCUT2D eigenvalue weighted by Gasteiger charge is 2.25. The Balaban J connectivity index is 1.53. The van der Waals surface area contributed by atoms with Crippen LogP contribution in [0.4, 0.5) is 5.13 Å². The number of amides is 1. The van der Waals surface area contributed by atoms with E-state index in [-0.39, 0.29) is 24.0 Å². The molecule has 1 amide bonds. The molecule has 1 atom stereocenters. The summed E-state index contributed by atoms with van der Waals surface area (Å²) in [6, 6.07) is 3.74. The minimum absolute atomic E-state index is 0.0237. The predicted molar refractivity (Wildman–Crippen MR) is 108 cm³/mol. The van der Waals surface area contributed by atoms with E-state index in [2.05, 4.69) is 41.4 Å². The highest BCUT2D eigenvalue weighted by molar-refractivity contribution is 7.16. The monoisotopic (exact) mass is 384 g/mol. The van der Waals surface area contributed by atoms with Crippen molar-refractivity contribution in [1.82, 2.24) is 15.3 Å². The van der Waals surface area contributed by atoms with E-state index in [0.29, 0.717) is 5.13 Å². The smallest absolute Gasteiger partial charge is 0.230 e. The molecule has 0 fully saturated rings. The quantitative estimate of drug-likeness (QED) is 0.818. The Labute approximate surface area is 163 Å². The number of hydrogen-bond donors (Lipinski definition) is 2. The first kappa shape index (κ1) is 19.1. The minimum atomic E-state index is -0.187. The van der Waals surface area contributed by atoms with Gasteiger partial charge >= 0.3 is 0 Å². The Morgan fingerprint density at radius 3 is 2.93 bits per heavy atom. The fourth-order valence-electron chi connectivity index (χ4n) is 2.50. The van der Waals surface area contributed by atoms with Crippen LogP contribution in [0.3, 0.4) is 0 Å². The summed E-state index contributed by atoms with van der Waals surface area (Å²) in [4.78, 5) is 21.6. The van der Waals surface area contributed by atoms with Crippen molar-refractivity contribution in [2.24, 2.45) is 5.41 Å². The molecule has 2 aromatic rings. The topological polar surface area (TPSA) is 76.1 Å². The summed E-state index contributed by atoms with van der Waals surface area (Å²) in [5, 5.41) is 6.61. The van der Waals surface area contributed by atoms with Crippen molar-refractivity contribution < 1.29 is 9.53 Å². The number of carbonyl (C=O) groups is 1. The van der Waals surface area contributed by atoms with Gasteiger partial charge in [0.25, 0.3) is 0 Å². The summed E-state index contributed by atoms with van der Waals surface area (Å²) < 4.78 is 5.87. The van der Waals surface area contributed by atoms with Crippen molar-refractivity contribution in [2.75, 3.05) is 5.32 Å². The third kappa shape index (κ3) is 5.17. The highest BCUT2D eigenvalue weighted by atomic mass is 32.1. The van der Waals surface area contributed by atoms with Gasteiger partial charge in [0, 0.05) is 34.6 Å². The van der Waals surface area contributed by atoms with Gasteiger partial charge in [-0.3, -0.25) is 9.78 Å². The van der Waals surface area contributed by atoms with Crippen molar-refractivity contribution in [3.8, 4) is 0 Å². The Bertz CT molecular complexity index is 880. The number of hydrogen-bond acceptors (Lipinski definition) is 6. The second-order valence-electron chi connectivity index (χ2n) is 7.36. The van der Waals surface area contributed by atoms with Gasteiger partial charge in [0.15, 0.2) is 11.4 Å². The van der Waals surface area contributed by atoms with Crippen LogP contribution in [0.25, 0.3) is 6.08 Å². The molecule has 6 nitrogen and oxygen atoms in total. The number of aryl methyl sites for hydroxylation is 1. The van der Waals surface area contributed by atoms with Gasteiger partial charge in [-0.15, -0.1) is 0 Å². The van der Waals surface area contributed by atoms with E-state index in [4.69, 9.17) is 4.74 Å². The average Bonchev–Trinajstić information content (AvgIpc) is 3.24. The van der Waals surface area contributed by atoms with Crippen molar-refractivity contribution >= 4 is 28.5 Å². The summed E-state index contributed by atoms with van der Waals surface area (Å²) in [5.74, 6) is 0.830. The van der Waals surface area contributed by atoms with Crippen molar-refractivity contribution in [3.05, 3.63) is 58.7 Å². The van der Waals surface area contributed by atoms with Crippen LogP contribution < -0.4 is 10.6 Å². The van der Waals surface area contributed by atoms with Gasteiger partial charge in [-0.05, 0) is 30.7 Å². The summed E-state index contributed by atoms with van der Waals surface area (Å²) in [7, 11) is 0. The van der Waals surface area contributed by atoms with Crippen LogP contribution >= 0.6 is 11.3 Å². The molecular formula is C20H24N4O2S. The summed E-state index contributed by atoms with van der Waals surface area (Å²) in [6.45, 7) is 8.22. The molecule has 3 heterocycles. The fraction of sp³-hybridized carbons (Fsp3) is 0.350. The molecule has 0 saturated heterocycles. The Hall–Kier alpha value is -2.67. The molecule has 7 heteroatoms. The number of carbonyl (C=O) groups excluding carboxylic acids is 1. The van der Waals surface area contributed by atoms with Crippen molar-refractivity contribution in [1.29, 1.82) is 0 Å². The van der Waals surface area contributed by atoms with Crippen molar-refractivity contribution in [3.63, 3.8) is 0 Å². The Morgan fingerprint density at radius 1 is 1.41 bits per heavy atom. The molecule has 0 aliphatic carbocycles. The molecule has 1 unspecified atom stereocenters. The molecule has 0 radical (unpaired) electrons. The lowest BCUT2D eigenvalue weighted by Crippen LogP contribution is -2.19. The summed E-state index contributed by atoms with van der Waals surface area (Å²) in [6.07, 6.45) is 9.34. The van der Waals surface area contributed by atoms with Gasteiger partial charge < -0.3 is 15.4 Å². The van der Waals surface area contributed by atoms with Crippen LogP contribution in [0, 0.1) is 12.3 Å². The lowest BCUT2D eigenvalue weighted by atomic mass is 9.95. The minimum Gasteiger partial charge on any atom is -0.469 e. The number of nitrogens with one attached hydrogen (secondary N) is 2. The molecular weight excluding hydrogens is 360 g/mol. The zero-order chi connectivity index (χ0) is 19.4. The van der Waals surface area contributed by atoms with Gasteiger partial charge in [0.2, 0.25) is 5.91 Å². The molecule has 0 saturated carbocycles. The van der Waals surface area contributed by atoms with Crippen LogP contribution in [-0.4, -0.2) is 22.1 Å². The molecule has 2 N–H and O–H groups in total. The van der Waals surface area contributed by atoms with Crippen LogP contribution in [0.1, 0.15) is 36.9 Å². The van der Waals surface area contributed by atoms with Gasteiger partial charge in [0.1, 0.15) is 5.76 Å². The van der Waals surface area contributed by atoms with E-state index in [1.807, 2.05) is 37.4 Å². The molecule has 142 valence electrons. The van der Waals surface area contributed by atoms with Gasteiger partial charge in [-0.1, -0.05) is 38.2 Å². The molecule has 0 spiro atoms. The number of aromatic nitrogens is 2. The van der Waals surface area contributed by atoms with Crippen LogP contribution in [-0.2, 0) is 16.0 Å². The SMILES string of the molecule is Cc1ncccc1CC(=O)Nc1ncc(/C=C/C2NC=C(C(C)(C)C)O2)s1. The number of thiazole rings is 1. The molecule has 1 aliphatic rings. The van der Waals surface area contributed by atoms with E-state index in [0.717, 1.165) is 21.9 Å². The molecule has 3 rings (SSSR count). The van der Waals surface area contributed by atoms with E-state index >= 15 is 0 Å². The third-order valence-corrected chi connectivity index (χ3v) is 4.92. The third-order valence-electron chi connectivity index (χ3n) is 4.04. The first-order valence-corrected chi connectivity index (χ1v) is 9.60. The van der Waals surface area contributed by atoms with Gasteiger partial charge in [0.05, 0.1) is 6.42 Å². The predicted octanol–water partition coefficient (Wildman–Crippen LogP) is 3.87. The number of rotatable bonds is 5. The van der Waals surface area contributed by atoms with E-state index in [9.17, 15) is 4.79 Å². The highest BCUT2D eigenvalue weighted by Crippen LogP contribution is 2.29. The van der Waals surface area contributed by atoms with Crippen molar-refractivity contribution in [2.45, 2.75) is 40.3 Å². The Morgan fingerprint density at radius 2 is 2.22 bits per heavy atom. The van der Waals surface area contributed by atoms with E-state index in [1.54, 1.807) is 12.4 Å². The van der Waals surface area contributed by atoms with Crippen LogP contribution in [0.15, 0.2) is 42.6 Å². The normalized spacial score (nSPS) is 16.7. The van der Waals surface area contributed by atoms with E-state index in [1.165, 1.54) is 11.3 Å². The second-order valence-corrected chi connectivity index (χ2v) is 8.43. The first-order valence-electron chi connectivity index (χ1n) is 8.79. The molecule has 1 aliphatic heterocycles. The summed E-state index contributed by atoms with van der Waals surface area (Å²) in [5.41, 5.74) is 1.76. The number of ether oxygens (including phenoxy) is 1. The molecule has 2 aromatic heterocycles. The maximum atomic E-state index is 12.2. The molecule has 0 aromatic carbocycles. The zero-order valence-electron chi connectivity index (χ0n) is 15.9. The number of anilines is 1. The standard InChI is InChI=1S/C20H24N4O2S/c1-13-14(6-5-9-21-13)10-17(25)24-19-23-11-15(27-19)7-8-18-22-12-16(26-18)20(2,3)4/h5-9,11-12,18,22H,10H2,1-4H3,(H,23,24,25)/b8-7+. The fourth-order valence-corrected chi connectivity index (χ4v) is 3.24. The van der Waals surface area contributed by atoms with Gasteiger partial charge in [-0.25, -0.2) is 4.98 Å². The zero-order valence-corrected chi connectivity index (χ0v) is 16.8. The van der Waals surface area contributed by atoms with Crippen LogP contribution in [0.5, 0.6) is 0 Å². The number of allylic oxidation sites excluding steroid dienone is 1. The second kappa shape index (κ2) is 7.92. The lowest BCUT2D eigenvalue weighted by Gasteiger charge is -2.20. The van der Waals surface area contributed by atoms with Crippen LogP contribution in [0.2, 0.25) is 0 Å². The number of pyridine rings is 1. The Kier molecular flexibility index (Phi) is 5.60. The maximum absolute atomic E-state index is 12.2. The molecule has 0 bridgehead atoms. The molecule has 27 heavy (non-hydrogen) atoms. The average molecular weight is 385 g/mol. The summed E-state index contributed by atoms with van der Waals surface area (Å²) >= 11 is 1.42. The van der Waals surface area contributed by atoms with Gasteiger partial charge in [-0.2, -0.15) is 0 Å². The maximum Gasteiger partial charge on any atom is 0.230 e. The lowest BCUT2D eigenvalue weighted by molar-refractivity contribution is -0.115.